The molecule has 1 aliphatic rings. The smallest absolute Gasteiger partial charge is 0.251 e. The van der Waals surface area contributed by atoms with Crippen molar-refractivity contribution in [3.8, 4) is 22.9 Å². The first-order chi connectivity index (χ1) is 18.4. The summed E-state index contributed by atoms with van der Waals surface area (Å²) in [5.74, 6) is -1.33. The van der Waals surface area contributed by atoms with Crippen LogP contribution in [0.4, 0.5) is 14.5 Å². The van der Waals surface area contributed by atoms with Crippen molar-refractivity contribution >= 4 is 17.2 Å². The van der Waals surface area contributed by atoms with Crippen LogP contribution in [0, 0.1) is 24.5 Å². The zero-order valence-corrected chi connectivity index (χ0v) is 21.3. The Morgan fingerprint density at radius 3 is 2.68 bits per heavy atom. The Hall–Kier alpha value is -4.05. The van der Waals surface area contributed by atoms with E-state index in [0.29, 0.717) is 35.1 Å². The van der Waals surface area contributed by atoms with Crippen LogP contribution < -0.4 is 15.4 Å². The summed E-state index contributed by atoms with van der Waals surface area (Å²) in [6.07, 6.45) is 3.64. The first-order valence-corrected chi connectivity index (χ1v) is 12.7. The van der Waals surface area contributed by atoms with Gasteiger partial charge in [-0.1, -0.05) is 6.07 Å². The van der Waals surface area contributed by atoms with Gasteiger partial charge in [-0.3, -0.25) is 4.79 Å². The van der Waals surface area contributed by atoms with Gasteiger partial charge in [-0.2, -0.15) is 0 Å². The van der Waals surface area contributed by atoms with Gasteiger partial charge >= 0.3 is 0 Å². The fourth-order valence-electron chi connectivity index (χ4n) is 4.52. The molecule has 4 aromatic rings. The van der Waals surface area contributed by atoms with Gasteiger partial charge in [0.1, 0.15) is 5.75 Å². The lowest BCUT2D eigenvalue weighted by atomic mass is 10.0. The van der Waals surface area contributed by atoms with Crippen LogP contribution in [-0.4, -0.2) is 46.8 Å². The van der Waals surface area contributed by atoms with Crippen LogP contribution in [0.15, 0.2) is 48.7 Å². The van der Waals surface area contributed by atoms with Crippen molar-refractivity contribution in [3.63, 3.8) is 0 Å². The van der Waals surface area contributed by atoms with Crippen LogP contribution in [0.5, 0.6) is 11.6 Å². The van der Waals surface area contributed by atoms with E-state index in [2.05, 4.69) is 20.7 Å². The molecule has 8 nitrogen and oxygen atoms in total. The standard InChI is InChI=1S/C28H29F2N5O3/c1-3-31-28(36)21-6-4-19(12-17(21)2)25-16-33-27-24(32-15-18-8-10-37-11-9-18)14-26(34-35(25)27)38-20-5-7-22(29)23(30)13-20/h4-7,12-14,16,18,32H,3,8-11,15H2,1-2H3,(H,31,36). The highest BCUT2D eigenvalue weighted by Gasteiger charge is 2.19. The second-order valence-corrected chi connectivity index (χ2v) is 9.28. The molecule has 2 N–H and O–H groups in total. The summed E-state index contributed by atoms with van der Waals surface area (Å²) in [5.41, 5.74) is 4.21. The number of nitrogens with one attached hydrogen (secondary N) is 2. The molecule has 2 aromatic carbocycles. The summed E-state index contributed by atoms with van der Waals surface area (Å²) in [7, 11) is 0. The molecule has 0 aliphatic carbocycles. The molecule has 0 radical (unpaired) electrons. The molecular formula is C28H29F2N5O3. The highest BCUT2D eigenvalue weighted by atomic mass is 19.2. The minimum Gasteiger partial charge on any atom is -0.437 e. The Labute approximate surface area is 219 Å². The first-order valence-electron chi connectivity index (χ1n) is 12.7. The normalized spacial score (nSPS) is 14.0. The number of hydrogen-bond donors (Lipinski definition) is 2. The largest absolute Gasteiger partial charge is 0.437 e. The summed E-state index contributed by atoms with van der Waals surface area (Å²) in [5, 5.41) is 10.9. The molecule has 198 valence electrons. The molecule has 0 unspecified atom stereocenters. The fraction of sp³-hybridized carbons (Fsp3) is 0.321. The maximum Gasteiger partial charge on any atom is 0.251 e. The lowest BCUT2D eigenvalue weighted by Gasteiger charge is -2.22. The van der Waals surface area contributed by atoms with Crippen LogP contribution in [0.25, 0.3) is 16.9 Å². The molecular weight excluding hydrogens is 492 g/mol. The first kappa shape index (κ1) is 25.6. The van der Waals surface area contributed by atoms with Gasteiger partial charge in [0, 0.05) is 49.6 Å². The van der Waals surface area contributed by atoms with Crippen LogP contribution in [0.1, 0.15) is 35.7 Å². The van der Waals surface area contributed by atoms with E-state index in [1.54, 1.807) is 22.8 Å². The predicted molar refractivity (Wildman–Crippen MR) is 140 cm³/mol. The molecule has 5 rings (SSSR count). The van der Waals surface area contributed by atoms with Gasteiger partial charge in [0.2, 0.25) is 5.88 Å². The number of rotatable bonds is 8. The number of aromatic nitrogens is 3. The summed E-state index contributed by atoms with van der Waals surface area (Å²) < 4.78 is 40.2. The van der Waals surface area contributed by atoms with Crippen LogP contribution in [-0.2, 0) is 4.74 Å². The van der Waals surface area contributed by atoms with Gasteiger partial charge in [0.15, 0.2) is 17.3 Å². The van der Waals surface area contributed by atoms with E-state index in [-0.39, 0.29) is 17.5 Å². The molecule has 1 saturated heterocycles. The number of hydrogen-bond acceptors (Lipinski definition) is 6. The Bertz CT molecular complexity index is 1470. The third kappa shape index (κ3) is 5.45. The molecule has 1 amide bonds. The minimum atomic E-state index is -1.01. The van der Waals surface area contributed by atoms with Gasteiger partial charge in [0.25, 0.3) is 5.91 Å². The highest BCUT2D eigenvalue weighted by Crippen LogP contribution is 2.30. The minimum absolute atomic E-state index is 0.120. The number of anilines is 1. The Balaban J connectivity index is 1.52. The summed E-state index contributed by atoms with van der Waals surface area (Å²) in [6, 6.07) is 10.6. The lowest BCUT2D eigenvalue weighted by molar-refractivity contribution is 0.0699. The molecule has 1 fully saturated rings. The van der Waals surface area contributed by atoms with E-state index in [1.807, 2.05) is 26.0 Å². The van der Waals surface area contributed by atoms with Crippen LogP contribution in [0.2, 0.25) is 0 Å². The van der Waals surface area contributed by atoms with Crippen molar-refractivity contribution in [1.82, 2.24) is 19.9 Å². The Morgan fingerprint density at radius 1 is 1.13 bits per heavy atom. The average molecular weight is 522 g/mol. The SMILES string of the molecule is CCNC(=O)c1ccc(-c2cnc3c(NCC4CCOCC4)cc(Oc4ccc(F)c(F)c4)nn23)cc1C. The Kier molecular flexibility index (Phi) is 7.50. The number of ether oxygens (including phenoxy) is 2. The zero-order chi connectivity index (χ0) is 26.6. The van der Waals surface area contributed by atoms with E-state index in [9.17, 15) is 13.6 Å². The van der Waals surface area contributed by atoms with E-state index >= 15 is 0 Å². The van der Waals surface area contributed by atoms with Gasteiger partial charge in [-0.15, -0.1) is 5.10 Å². The molecule has 38 heavy (non-hydrogen) atoms. The number of benzene rings is 2. The van der Waals surface area contributed by atoms with E-state index in [0.717, 1.165) is 55.9 Å². The molecule has 1 aliphatic heterocycles. The lowest BCUT2D eigenvalue weighted by Crippen LogP contribution is -2.23. The van der Waals surface area contributed by atoms with Crippen molar-refractivity contribution in [2.75, 3.05) is 31.6 Å². The number of halogens is 2. The van der Waals surface area contributed by atoms with Crippen molar-refractivity contribution in [2.24, 2.45) is 5.92 Å². The third-order valence-corrected chi connectivity index (χ3v) is 6.58. The quantitative estimate of drug-likeness (QED) is 0.324. The number of imidazole rings is 1. The van der Waals surface area contributed by atoms with E-state index in [1.165, 1.54) is 6.07 Å². The number of nitrogens with zero attached hydrogens (tertiary/aromatic N) is 3. The van der Waals surface area contributed by atoms with Gasteiger partial charge in [0.05, 0.1) is 17.6 Å². The number of amides is 1. The average Bonchev–Trinajstić information content (AvgIpc) is 3.34. The van der Waals surface area contributed by atoms with Crippen LogP contribution >= 0.6 is 0 Å². The number of carbonyl (C=O) groups is 1. The fourth-order valence-corrected chi connectivity index (χ4v) is 4.52. The van der Waals surface area contributed by atoms with Crippen molar-refractivity contribution in [1.29, 1.82) is 0 Å². The molecule has 0 saturated carbocycles. The zero-order valence-electron chi connectivity index (χ0n) is 21.3. The molecule has 0 bridgehead atoms. The summed E-state index contributed by atoms with van der Waals surface area (Å²) in [6.45, 7) is 6.49. The van der Waals surface area contributed by atoms with Crippen LogP contribution in [0.3, 0.4) is 0 Å². The van der Waals surface area contributed by atoms with E-state index in [4.69, 9.17) is 9.47 Å². The van der Waals surface area contributed by atoms with Crippen molar-refractivity contribution in [2.45, 2.75) is 26.7 Å². The monoisotopic (exact) mass is 521 g/mol. The summed E-state index contributed by atoms with van der Waals surface area (Å²) >= 11 is 0. The summed E-state index contributed by atoms with van der Waals surface area (Å²) in [4.78, 5) is 17.0. The number of fused-ring (bicyclic) bond motifs is 1. The van der Waals surface area contributed by atoms with Gasteiger partial charge < -0.3 is 20.1 Å². The Morgan fingerprint density at radius 2 is 1.95 bits per heavy atom. The maximum absolute atomic E-state index is 13.8. The number of carbonyl (C=O) groups excluding carboxylic acids is 1. The third-order valence-electron chi connectivity index (χ3n) is 6.58. The number of aryl methyl sites for hydroxylation is 1. The molecule has 10 heteroatoms. The maximum atomic E-state index is 13.8. The van der Waals surface area contributed by atoms with Crippen molar-refractivity contribution in [3.05, 3.63) is 71.4 Å². The van der Waals surface area contributed by atoms with Gasteiger partial charge in [-0.25, -0.2) is 18.3 Å². The molecule has 2 aromatic heterocycles. The van der Waals surface area contributed by atoms with E-state index < -0.39 is 11.6 Å². The second kappa shape index (κ2) is 11.1. The second-order valence-electron chi connectivity index (χ2n) is 9.28. The molecule has 0 spiro atoms. The topological polar surface area (TPSA) is 89.8 Å². The van der Waals surface area contributed by atoms with Gasteiger partial charge in [-0.05, 0) is 62.4 Å². The van der Waals surface area contributed by atoms with Crippen molar-refractivity contribution < 1.29 is 23.0 Å². The highest BCUT2D eigenvalue weighted by molar-refractivity contribution is 5.96. The predicted octanol–water partition coefficient (Wildman–Crippen LogP) is 5.36. The molecule has 0 atom stereocenters. The molecule has 3 heterocycles.